The summed E-state index contributed by atoms with van der Waals surface area (Å²) in [5.74, 6) is 1.54. The van der Waals surface area contributed by atoms with E-state index in [1.807, 2.05) is 7.05 Å². The normalized spacial score (nSPS) is 37.4. The van der Waals surface area contributed by atoms with Crippen molar-refractivity contribution in [3.8, 4) is 0 Å². The molecule has 2 fully saturated rings. The lowest BCUT2D eigenvalue weighted by Gasteiger charge is -2.35. The largest absolute Gasteiger partial charge is 0.377 e. The molecule has 1 aliphatic carbocycles. The predicted molar refractivity (Wildman–Crippen MR) is 80.9 cm³/mol. The second-order valence-electron chi connectivity index (χ2n) is 6.08. The van der Waals surface area contributed by atoms with Crippen molar-refractivity contribution in [2.24, 2.45) is 5.92 Å². The van der Waals surface area contributed by atoms with Crippen molar-refractivity contribution in [1.82, 2.24) is 5.32 Å². The molecule has 0 radical (unpaired) electrons. The highest BCUT2D eigenvalue weighted by Gasteiger charge is 2.34. The maximum atomic E-state index is 12.7. The van der Waals surface area contributed by atoms with Gasteiger partial charge in [0.15, 0.2) is 0 Å². The number of ether oxygens (including phenoxy) is 1. The summed E-state index contributed by atoms with van der Waals surface area (Å²) in [6, 6.07) is 0.440. The van der Waals surface area contributed by atoms with Gasteiger partial charge in [-0.3, -0.25) is 4.21 Å². The van der Waals surface area contributed by atoms with Gasteiger partial charge in [-0.25, -0.2) is 0 Å². The van der Waals surface area contributed by atoms with Gasteiger partial charge in [0.1, 0.15) is 0 Å². The minimum absolute atomic E-state index is 0.255. The Bertz CT molecular complexity index is 292. The molecule has 5 atom stereocenters. The zero-order valence-electron chi connectivity index (χ0n) is 12.4. The summed E-state index contributed by atoms with van der Waals surface area (Å²) in [4.78, 5) is 0. The summed E-state index contributed by atoms with van der Waals surface area (Å²) < 4.78 is 18.3. The molecule has 1 saturated heterocycles. The fraction of sp³-hybridized carbons (Fsp3) is 1.00. The van der Waals surface area contributed by atoms with Crippen molar-refractivity contribution in [2.75, 3.05) is 19.4 Å². The molecule has 2 aliphatic rings. The van der Waals surface area contributed by atoms with Crippen LogP contribution in [0.5, 0.6) is 0 Å². The predicted octanol–water partition coefficient (Wildman–Crippen LogP) is 2.47. The van der Waals surface area contributed by atoms with E-state index < -0.39 is 10.8 Å². The van der Waals surface area contributed by atoms with Gasteiger partial charge in [-0.1, -0.05) is 19.8 Å². The second-order valence-corrected chi connectivity index (χ2v) is 7.78. The van der Waals surface area contributed by atoms with Crippen molar-refractivity contribution in [3.63, 3.8) is 0 Å². The lowest BCUT2D eigenvalue weighted by molar-refractivity contribution is 0.128. The van der Waals surface area contributed by atoms with Crippen LogP contribution in [0.3, 0.4) is 0 Å². The second kappa shape index (κ2) is 7.75. The maximum absolute atomic E-state index is 12.7. The number of rotatable bonds is 6. The summed E-state index contributed by atoms with van der Waals surface area (Å²) in [6.45, 7) is 3.11. The Hall–Kier alpha value is 0.0700. The first-order chi connectivity index (χ1) is 9.24. The monoisotopic (exact) mass is 287 g/mol. The third-order valence-corrected chi connectivity index (χ3v) is 6.58. The van der Waals surface area contributed by atoms with Crippen LogP contribution in [0.2, 0.25) is 0 Å². The van der Waals surface area contributed by atoms with E-state index in [0.717, 1.165) is 37.5 Å². The number of nitrogens with one attached hydrogen (secondary N) is 1. The average Bonchev–Trinajstić information content (AvgIpc) is 2.92. The Morgan fingerprint density at radius 3 is 2.79 bits per heavy atom. The lowest BCUT2D eigenvalue weighted by atomic mass is 9.83. The molecular weight excluding hydrogens is 258 g/mol. The molecule has 1 heterocycles. The van der Waals surface area contributed by atoms with Crippen LogP contribution in [0.15, 0.2) is 0 Å². The van der Waals surface area contributed by atoms with Crippen molar-refractivity contribution in [2.45, 2.75) is 69.3 Å². The highest BCUT2D eigenvalue weighted by molar-refractivity contribution is 7.85. The van der Waals surface area contributed by atoms with Gasteiger partial charge in [-0.05, 0) is 45.1 Å². The van der Waals surface area contributed by atoms with Gasteiger partial charge < -0.3 is 10.1 Å². The Kier molecular flexibility index (Phi) is 6.30. The van der Waals surface area contributed by atoms with Gasteiger partial charge in [-0.15, -0.1) is 0 Å². The van der Waals surface area contributed by atoms with Crippen LogP contribution in [-0.2, 0) is 15.5 Å². The molecule has 1 N–H and O–H groups in total. The smallest absolute Gasteiger partial charge is 0.0691 e. The summed E-state index contributed by atoms with van der Waals surface area (Å²) in [5.41, 5.74) is 0. The van der Waals surface area contributed by atoms with Crippen LogP contribution < -0.4 is 5.32 Å². The quantitative estimate of drug-likeness (QED) is 0.815. The molecule has 1 aliphatic heterocycles. The van der Waals surface area contributed by atoms with Crippen molar-refractivity contribution in [3.05, 3.63) is 0 Å². The van der Waals surface area contributed by atoms with Gasteiger partial charge in [0, 0.05) is 23.4 Å². The molecule has 5 unspecified atom stereocenters. The third kappa shape index (κ3) is 4.27. The zero-order chi connectivity index (χ0) is 13.7. The van der Waals surface area contributed by atoms with Crippen molar-refractivity contribution < 1.29 is 8.95 Å². The van der Waals surface area contributed by atoms with E-state index in [0.29, 0.717) is 11.3 Å². The van der Waals surface area contributed by atoms with Crippen LogP contribution in [0, 0.1) is 5.92 Å². The van der Waals surface area contributed by atoms with Crippen LogP contribution in [-0.4, -0.2) is 41.0 Å². The van der Waals surface area contributed by atoms with Gasteiger partial charge in [0.25, 0.3) is 0 Å². The van der Waals surface area contributed by atoms with Gasteiger partial charge in [0.2, 0.25) is 0 Å². The first kappa shape index (κ1) is 15.5. The van der Waals surface area contributed by atoms with E-state index in [9.17, 15) is 4.21 Å². The van der Waals surface area contributed by atoms with E-state index in [2.05, 4.69) is 12.2 Å². The third-order valence-electron chi connectivity index (χ3n) is 4.68. The molecule has 112 valence electrons. The molecule has 0 aromatic rings. The molecule has 4 heteroatoms. The van der Waals surface area contributed by atoms with Gasteiger partial charge in [-0.2, -0.15) is 0 Å². The molecule has 3 nitrogen and oxygen atoms in total. The van der Waals surface area contributed by atoms with Crippen LogP contribution >= 0.6 is 0 Å². The molecule has 0 aromatic heterocycles. The first-order valence-electron chi connectivity index (χ1n) is 7.90. The molecule has 0 aromatic carbocycles. The Morgan fingerprint density at radius 2 is 2.16 bits per heavy atom. The highest BCUT2D eigenvalue weighted by Crippen LogP contribution is 2.31. The molecule has 1 saturated carbocycles. The molecule has 0 amide bonds. The van der Waals surface area contributed by atoms with E-state index in [4.69, 9.17) is 4.74 Å². The standard InChI is InChI=1S/C15H29NO2S/c1-3-5-12-7-8-14(16-2)15(10-12)19(17)11-13-6-4-9-18-13/h12-16H,3-11H2,1-2H3. The van der Waals surface area contributed by atoms with E-state index >= 15 is 0 Å². The van der Waals surface area contributed by atoms with Crippen LogP contribution in [0.1, 0.15) is 51.9 Å². The fourth-order valence-electron chi connectivity index (χ4n) is 3.59. The van der Waals surface area contributed by atoms with Crippen LogP contribution in [0.25, 0.3) is 0 Å². The average molecular weight is 287 g/mol. The summed E-state index contributed by atoms with van der Waals surface area (Å²) in [6.07, 6.45) is 8.66. The molecular formula is C15H29NO2S. The van der Waals surface area contributed by atoms with Crippen LogP contribution in [0.4, 0.5) is 0 Å². The zero-order valence-corrected chi connectivity index (χ0v) is 13.2. The summed E-state index contributed by atoms with van der Waals surface area (Å²) in [7, 11) is 1.28. The Labute approximate surface area is 120 Å². The minimum atomic E-state index is -0.738. The maximum Gasteiger partial charge on any atom is 0.0691 e. The minimum Gasteiger partial charge on any atom is -0.377 e. The molecule has 19 heavy (non-hydrogen) atoms. The van der Waals surface area contributed by atoms with Gasteiger partial charge in [0.05, 0.1) is 17.1 Å². The first-order valence-corrected chi connectivity index (χ1v) is 9.28. The lowest BCUT2D eigenvalue weighted by Crippen LogP contribution is -2.46. The van der Waals surface area contributed by atoms with E-state index in [1.54, 1.807) is 0 Å². The topological polar surface area (TPSA) is 38.3 Å². The summed E-state index contributed by atoms with van der Waals surface area (Å²) >= 11 is 0. The van der Waals surface area contributed by atoms with E-state index in [-0.39, 0.29) is 6.10 Å². The van der Waals surface area contributed by atoms with Crippen molar-refractivity contribution >= 4 is 10.8 Å². The Balaban J connectivity index is 1.90. The SMILES string of the molecule is CCCC1CCC(NC)C(S(=O)CC2CCCO2)C1. The number of hydrogen-bond donors (Lipinski definition) is 1. The number of hydrogen-bond acceptors (Lipinski definition) is 3. The summed E-state index contributed by atoms with van der Waals surface area (Å²) in [5, 5.41) is 3.72. The van der Waals surface area contributed by atoms with Crippen molar-refractivity contribution in [1.29, 1.82) is 0 Å². The Morgan fingerprint density at radius 1 is 1.32 bits per heavy atom. The van der Waals surface area contributed by atoms with Gasteiger partial charge >= 0.3 is 0 Å². The molecule has 0 spiro atoms. The molecule has 0 bridgehead atoms. The molecule has 2 rings (SSSR count). The fourth-order valence-corrected chi connectivity index (χ4v) is 5.59. The van der Waals surface area contributed by atoms with E-state index in [1.165, 1.54) is 25.7 Å². The highest BCUT2D eigenvalue weighted by atomic mass is 32.2.